The first-order valence-corrected chi connectivity index (χ1v) is 6.52. The van der Waals surface area contributed by atoms with Gasteiger partial charge in [0.15, 0.2) is 0 Å². The van der Waals surface area contributed by atoms with Gasteiger partial charge in [-0.3, -0.25) is 14.3 Å². The van der Waals surface area contributed by atoms with Crippen molar-refractivity contribution in [3.63, 3.8) is 0 Å². The maximum Gasteiger partial charge on any atom is 0.239 e. The number of aromatic nitrogens is 2. The summed E-state index contributed by atoms with van der Waals surface area (Å²) in [6, 6.07) is 0. The van der Waals surface area contributed by atoms with E-state index in [4.69, 9.17) is 0 Å². The molecular formula is C13H20N4O2. The van der Waals surface area contributed by atoms with E-state index in [2.05, 4.69) is 10.4 Å². The van der Waals surface area contributed by atoms with Gasteiger partial charge in [0, 0.05) is 32.3 Å². The number of aryl methyl sites for hydroxylation is 2. The lowest BCUT2D eigenvalue weighted by Gasteiger charge is -2.26. The SMILES string of the molecule is Cc1nn(C)c(C)c1CCC(=O)N1CCNC(=O)C1. The van der Waals surface area contributed by atoms with Crippen molar-refractivity contribution < 1.29 is 9.59 Å². The largest absolute Gasteiger partial charge is 0.353 e. The molecule has 0 radical (unpaired) electrons. The van der Waals surface area contributed by atoms with Crippen LogP contribution in [0.25, 0.3) is 0 Å². The van der Waals surface area contributed by atoms with E-state index in [9.17, 15) is 9.59 Å². The fourth-order valence-electron chi connectivity index (χ4n) is 2.42. The van der Waals surface area contributed by atoms with Crippen LogP contribution >= 0.6 is 0 Å². The highest BCUT2D eigenvalue weighted by atomic mass is 16.2. The maximum atomic E-state index is 12.1. The first kappa shape index (κ1) is 13.6. The van der Waals surface area contributed by atoms with Gasteiger partial charge in [-0.05, 0) is 25.8 Å². The minimum Gasteiger partial charge on any atom is -0.353 e. The van der Waals surface area contributed by atoms with Crippen LogP contribution in [0.1, 0.15) is 23.4 Å². The molecule has 6 nitrogen and oxygen atoms in total. The minimum absolute atomic E-state index is 0.0394. The van der Waals surface area contributed by atoms with Crippen molar-refractivity contribution >= 4 is 11.8 Å². The molecule has 1 aromatic heterocycles. The molecule has 104 valence electrons. The highest BCUT2D eigenvalue weighted by molar-refractivity contribution is 5.86. The number of carbonyl (C=O) groups is 2. The summed E-state index contributed by atoms with van der Waals surface area (Å²) in [5, 5.41) is 7.06. The van der Waals surface area contributed by atoms with Crippen molar-refractivity contribution in [3.05, 3.63) is 17.0 Å². The molecule has 2 rings (SSSR count). The number of rotatable bonds is 3. The summed E-state index contributed by atoms with van der Waals surface area (Å²) < 4.78 is 1.84. The molecule has 19 heavy (non-hydrogen) atoms. The molecule has 1 aliphatic heterocycles. The maximum absolute atomic E-state index is 12.1. The average Bonchev–Trinajstić information content (AvgIpc) is 2.61. The number of hydrogen-bond donors (Lipinski definition) is 1. The minimum atomic E-state index is -0.0756. The molecule has 2 amide bonds. The van der Waals surface area contributed by atoms with Crippen molar-refractivity contribution in [1.82, 2.24) is 20.0 Å². The van der Waals surface area contributed by atoms with E-state index < -0.39 is 0 Å². The Labute approximate surface area is 112 Å². The molecule has 0 aliphatic carbocycles. The third-order valence-corrected chi connectivity index (χ3v) is 3.64. The van der Waals surface area contributed by atoms with E-state index in [1.807, 2.05) is 25.6 Å². The number of carbonyl (C=O) groups excluding carboxylic acids is 2. The van der Waals surface area contributed by atoms with E-state index in [0.717, 1.165) is 17.0 Å². The number of nitrogens with one attached hydrogen (secondary N) is 1. The number of piperazine rings is 1. The summed E-state index contributed by atoms with van der Waals surface area (Å²) >= 11 is 0. The zero-order valence-electron chi connectivity index (χ0n) is 11.7. The number of hydrogen-bond acceptors (Lipinski definition) is 3. The number of nitrogens with zero attached hydrogens (tertiary/aromatic N) is 3. The smallest absolute Gasteiger partial charge is 0.239 e. The van der Waals surface area contributed by atoms with Gasteiger partial charge in [-0.25, -0.2) is 0 Å². The monoisotopic (exact) mass is 264 g/mol. The lowest BCUT2D eigenvalue weighted by molar-refractivity contribution is -0.138. The summed E-state index contributed by atoms with van der Waals surface area (Å²) in [6.45, 7) is 5.31. The molecule has 1 saturated heterocycles. The molecule has 0 saturated carbocycles. The predicted molar refractivity (Wildman–Crippen MR) is 70.6 cm³/mol. The van der Waals surface area contributed by atoms with E-state index >= 15 is 0 Å². The lowest BCUT2D eigenvalue weighted by atomic mass is 10.1. The Balaban J connectivity index is 1.94. The Morgan fingerprint density at radius 1 is 1.42 bits per heavy atom. The van der Waals surface area contributed by atoms with Crippen LogP contribution in [-0.2, 0) is 23.1 Å². The van der Waals surface area contributed by atoms with Crippen LogP contribution < -0.4 is 5.32 Å². The van der Waals surface area contributed by atoms with Crippen LogP contribution in [-0.4, -0.2) is 46.1 Å². The Morgan fingerprint density at radius 2 is 2.16 bits per heavy atom. The summed E-state index contributed by atoms with van der Waals surface area (Å²) in [5.74, 6) is -0.0363. The number of amides is 2. The molecule has 0 bridgehead atoms. The summed E-state index contributed by atoms with van der Waals surface area (Å²) in [4.78, 5) is 24.9. The van der Waals surface area contributed by atoms with E-state index in [-0.39, 0.29) is 18.4 Å². The fraction of sp³-hybridized carbons (Fsp3) is 0.615. The standard InChI is InChI=1S/C13H20N4O2/c1-9-11(10(2)16(3)15-9)4-5-13(19)17-7-6-14-12(18)8-17/h4-8H2,1-3H3,(H,14,18). The second-order valence-electron chi connectivity index (χ2n) is 4.94. The van der Waals surface area contributed by atoms with Gasteiger partial charge >= 0.3 is 0 Å². The van der Waals surface area contributed by atoms with Gasteiger partial charge < -0.3 is 10.2 Å². The highest BCUT2D eigenvalue weighted by Gasteiger charge is 2.21. The van der Waals surface area contributed by atoms with Crippen molar-refractivity contribution in [1.29, 1.82) is 0 Å². The second kappa shape index (κ2) is 5.42. The van der Waals surface area contributed by atoms with Gasteiger partial charge in [-0.1, -0.05) is 0 Å². The Hall–Kier alpha value is -1.85. The van der Waals surface area contributed by atoms with Crippen molar-refractivity contribution in [2.24, 2.45) is 7.05 Å². The molecule has 1 N–H and O–H groups in total. The van der Waals surface area contributed by atoms with Crippen LogP contribution in [0.3, 0.4) is 0 Å². The summed E-state index contributed by atoms with van der Waals surface area (Å²) in [6.07, 6.45) is 1.11. The van der Waals surface area contributed by atoms with Crippen molar-refractivity contribution in [2.45, 2.75) is 26.7 Å². The Kier molecular flexibility index (Phi) is 3.87. The van der Waals surface area contributed by atoms with Gasteiger partial charge in [0.1, 0.15) is 0 Å². The molecular weight excluding hydrogens is 244 g/mol. The van der Waals surface area contributed by atoms with Crippen LogP contribution in [0.2, 0.25) is 0 Å². The zero-order valence-corrected chi connectivity index (χ0v) is 11.7. The summed E-state index contributed by atoms with van der Waals surface area (Å²) in [5.41, 5.74) is 3.21. The van der Waals surface area contributed by atoms with Crippen LogP contribution in [0.4, 0.5) is 0 Å². The van der Waals surface area contributed by atoms with Gasteiger partial charge in [0.25, 0.3) is 0 Å². The first-order chi connectivity index (χ1) is 8.99. The normalized spacial score (nSPS) is 15.5. The average molecular weight is 264 g/mol. The van der Waals surface area contributed by atoms with Crippen LogP contribution in [0.5, 0.6) is 0 Å². The molecule has 1 aliphatic rings. The van der Waals surface area contributed by atoms with Crippen molar-refractivity contribution in [3.8, 4) is 0 Å². The van der Waals surface area contributed by atoms with E-state index in [0.29, 0.717) is 25.9 Å². The molecule has 0 aromatic carbocycles. The lowest BCUT2D eigenvalue weighted by Crippen LogP contribution is -2.50. The van der Waals surface area contributed by atoms with E-state index in [1.54, 1.807) is 4.90 Å². The molecule has 0 spiro atoms. The second-order valence-corrected chi connectivity index (χ2v) is 4.94. The molecule has 6 heteroatoms. The first-order valence-electron chi connectivity index (χ1n) is 6.52. The van der Waals surface area contributed by atoms with E-state index in [1.165, 1.54) is 0 Å². The molecule has 0 unspecified atom stereocenters. The fourth-order valence-corrected chi connectivity index (χ4v) is 2.42. The van der Waals surface area contributed by atoms with Gasteiger partial charge in [-0.2, -0.15) is 5.10 Å². The van der Waals surface area contributed by atoms with Gasteiger partial charge in [0.05, 0.1) is 12.2 Å². The quantitative estimate of drug-likeness (QED) is 0.831. The third-order valence-electron chi connectivity index (χ3n) is 3.64. The predicted octanol–water partition coefficient (Wildman–Crippen LogP) is -0.0721. The molecule has 1 aromatic rings. The van der Waals surface area contributed by atoms with Crippen LogP contribution in [0, 0.1) is 13.8 Å². The Morgan fingerprint density at radius 3 is 2.74 bits per heavy atom. The zero-order chi connectivity index (χ0) is 14.0. The topological polar surface area (TPSA) is 67.2 Å². The third kappa shape index (κ3) is 2.94. The Bertz CT molecular complexity index is 507. The molecule has 2 heterocycles. The van der Waals surface area contributed by atoms with Gasteiger partial charge in [0.2, 0.25) is 11.8 Å². The molecule has 1 fully saturated rings. The van der Waals surface area contributed by atoms with Gasteiger partial charge in [-0.15, -0.1) is 0 Å². The summed E-state index contributed by atoms with van der Waals surface area (Å²) in [7, 11) is 1.91. The molecule has 0 atom stereocenters. The van der Waals surface area contributed by atoms with Crippen LogP contribution in [0.15, 0.2) is 0 Å². The van der Waals surface area contributed by atoms with Crippen molar-refractivity contribution in [2.75, 3.05) is 19.6 Å². The highest BCUT2D eigenvalue weighted by Crippen LogP contribution is 2.14.